The molecule has 3 rings (SSSR count). The standard InChI is InChI=1S/C14H15N5O3S/c20-12(17-14-18-15-8-23-14)9-4-6-19(7-5-9)11-3-1-2-10(16-11)13(21)22/h1-3,8-9H,4-7H2,(H,21,22)(H,17,18,20). The molecule has 2 N–H and O–H groups in total. The highest BCUT2D eigenvalue weighted by Gasteiger charge is 2.26. The minimum absolute atomic E-state index is 0.0265. The third-order valence-corrected chi connectivity index (χ3v) is 4.34. The molecule has 1 saturated heterocycles. The van der Waals surface area contributed by atoms with Gasteiger partial charge in [-0.3, -0.25) is 4.79 Å². The van der Waals surface area contributed by atoms with E-state index in [9.17, 15) is 9.59 Å². The van der Waals surface area contributed by atoms with Gasteiger partial charge in [-0.25, -0.2) is 9.78 Å². The predicted octanol–water partition coefficient (Wildman–Crippen LogP) is 1.49. The molecule has 9 heteroatoms. The van der Waals surface area contributed by atoms with E-state index in [1.807, 2.05) is 4.90 Å². The Bertz CT molecular complexity index is 698. The summed E-state index contributed by atoms with van der Waals surface area (Å²) in [4.78, 5) is 29.3. The van der Waals surface area contributed by atoms with Crippen LogP contribution in [-0.4, -0.2) is 45.3 Å². The number of carboxylic acids is 1. The number of carbonyl (C=O) groups excluding carboxylic acids is 1. The van der Waals surface area contributed by atoms with Crippen LogP contribution in [0, 0.1) is 5.92 Å². The normalized spacial score (nSPS) is 15.4. The number of hydrogen-bond donors (Lipinski definition) is 2. The lowest BCUT2D eigenvalue weighted by Gasteiger charge is -2.32. The van der Waals surface area contributed by atoms with Crippen molar-refractivity contribution in [3.63, 3.8) is 0 Å². The highest BCUT2D eigenvalue weighted by atomic mass is 32.1. The van der Waals surface area contributed by atoms with Crippen LogP contribution in [0.4, 0.5) is 10.9 Å². The van der Waals surface area contributed by atoms with E-state index in [1.165, 1.54) is 17.4 Å². The number of carbonyl (C=O) groups is 2. The summed E-state index contributed by atoms with van der Waals surface area (Å²) in [6.45, 7) is 1.31. The quantitative estimate of drug-likeness (QED) is 0.872. The maximum absolute atomic E-state index is 12.2. The van der Waals surface area contributed by atoms with E-state index in [4.69, 9.17) is 5.11 Å². The number of nitrogens with zero attached hydrogens (tertiary/aromatic N) is 4. The average Bonchev–Trinajstić information content (AvgIpc) is 3.08. The van der Waals surface area contributed by atoms with Crippen LogP contribution < -0.4 is 10.2 Å². The fourth-order valence-electron chi connectivity index (χ4n) is 2.52. The Kier molecular flexibility index (Phi) is 4.47. The fraction of sp³-hybridized carbons (Fsp3) is 0.357. The Hall–Kier alpha value is -2.55. The van der Waals surface area contributed by atoms with Gasteiger partial charge in [0.2, 0.25) is 11.0 Å². The van der Waals surface area contributed by atoms with Crippen molar-refractivity contribution in [2.75, 3.05) is 23.3 Å². The number of rotatable bonds is 4. The molecule has 2 aromatic heterocycles. The van der Waals surface area contributed by atoms with Crippen LogP contribution in [0.3, 0.4) is 0 Å². The minimum Gasteiger partial charge on any atom is -0.477 e. The van der Waals surface area contributed by atoms with E-state index in [0.29, 0.717) is 36.9 Å². The predicted molar refractivity (Wildman–Crippen MR) is 84.7 cm³/mol. The molecular formula is C14H15N5O3S. The Balaban J connectivity index is 1.59. The Labute approximate surface area is 136 Å². The Morgan fingerprint density at radius 3 is 2.74 bits per heavy atom. The van der Waals surface area contributed by atoms with Gasteiger partial charge in [-0.15, -0.1) is 10.2 Å². The second kappa shape index (κ2) is 6.69. The lowest BCUT2D eigenvalue weighted by atomic mass is 9.96. The fourth-order valence-corrected chi connectivity index (χ4v) is 2.97. The first-order chi connectivity index (χ1) is 11.1. The van der Waals surface area contributed by atoms with Crippen molar-refractivity contribution in [3.05, 3.63) is 29.4 Å². The molecule has 0 radical (unpaired) electrons. The second-order valence-electron chi connectivity index (χ2n) is 5.18. The van der Waals surface area contributed by atoms with Crippen LogP contribution in [-0.2, 0) is 4.79 Å². The molecule has 23 heavy (non-hydrogen) atoms. The van der Waals surface area contributed by atoms with Gasteiger partial charge in [0.1, 0.15) is 11.3 Å². The van der Waals surface area contributed by atoms with E-state index in [-0.39, 0.29) is 17.5 Å². The monoisotopic (exact) mass is 333 g/mol. The first-order valence-electron chi connectivity index (χ1n) is 7.16. The summed E-state index contributed by atoms with van der Waals surface area (Å²) in [5, 5.41) is 19.8. The van der Waals surface area contributed by atoms with Gasteiger partial charge in [-0.05, 0) is 25.0 Å². The molecule has 0 spiro atoms. The van der Waals surface area contributed by atoms with Gasteiger partial charge in [0.25, 0.3) is 0 Å². The summed E-state index contributed by atoms with van der Waals surface area (Å²) in [5.41, 5.74) is 1.60. The molecule has 0 aromatic carbocycles. The van der Waals surface area contributed by atoms with Crippen molar-refractivity contribution in [2.24, 2.45) is 5.92 Å². The summed E-state index contributed by atoms with van der Waals surface area (Å²) in [6, 6.07) is 4.93. The molecule has 2 aromatic rings. The van der Waals surface area contributed by atoms with E-state index < -0.39 is 5.97 Å². The number of carboxylic acid groups (broad SMARTS) is 1. The highest BCUT2D eigenvalue weighted by molar-refractivity contribution is 7.13. The zero-order valence-electron chi connectivity index (χ0n) is 12.2. The van der Waals surface area contributed by atoms with Crippen molar-refractivity contribution in [1.29, 1.82) is 0 Å². The number of anilines is 2. The van der Waals surface area contributed by atoms with Gasteiger partial charge in [0.05, 0.1) is 0 Å². The van der Waals surface area contributed by atoms with Gasteiger partial charge >= 0.3 is 5.97 Å². The Morgan fingerprint density at radius 2 is 2.09 bits per heavy atom. The summed E-state index contributed by atoms with van der Waals surface area (Å²) >= 11 is 1.29. The van der Waals surface area contributed by atoms with Gasteiger partial charge in [0.15, 0.2) is 5.69 Å². The maximum atomic E-state index is 12.2. The van der Waals surface area contributed by atoms with E-state index in [1.54, 1.807) is 17.6 Å². The summed E-state index contributed by atoms with van der Waals surface area (Å²) in [7, 11) is 0. The van der Waals surface area contributed by atoms with Crippen molar-refractivity contribution in [2.45, 2.75) is 12.8 Å². The van der Waals surface area contributed by atoms with Crippen LogP contribution in [0.25, 0.3) is 0 Å². The molecule has 120 valence electrons. The van der Waals surface area contributed by atoms with Gasteiger partial charge in [-0.1, -0.05) is 17.4 Å². The number of piperidine rings is 1. The largest absolute Gasteiger partial charge is 0.477 e. The first-order valence-corrected chi connectivity index (χ1v) is 8.04. The number of amides is 1. The smallest absolute Gasteiger partial charge is 0.354 e. The van der Waals surface area contributed by atoms with Crippen molar-refractivity contribution >= 4 is 34.2 Å². The number of nitrogens with one attached hydrogen (secondary N) is 1. The van der Waals surface area contributed by atoms with Crippen LogP contribution in [0.1, 0.15) is 23.3 Å². The van der Waals surface area contributed by atoms with Crippen LogP contribution >= 0.6 is 11.3 Å². The third-order valence-electron chi connectivity index (χ3n) is 3.73. The zero-order chi connectivity index (χ0) is 16.2. The lowest BCUT2D eigenvalue weighted by molar-refractivity contribution is -0.120. The molecule has 0 saturated carbocycles. The lowest BCUT2D eigenvalue weighted by Crippen LogP contribution is -2.38. The van der Waals surface area contributed by atoms with Crippen molar-refractivity contribution in [1.82, 2.24) is 15.2 Å². The zero-order valence-corrected chi connectivity index (χ0v) is 13.0. The molecule has 1 fully saturated rings. The molecular weight excluding hydrogens is 318 g/mol. The van der Waals surface area contributed by atoms with Gasteiger partial charge in [-0.2, -0.15) is 0 Å². The molecule has 8 nitrogen and oxygen atoms in total. The van der Waals surface area contributed by atoms with Gasteiger partial charge in [0, 0.05) is 19.0 Å². The summed E-state index contributed by atoms with van der Waals surface area (Å²) < 4.78 is 0. The molecule has 3 heterocycles. The van der Waals surface area contributed by atoms with Crippen LogP contribution in [0.15, 0.2) is 23.7 Å². The van der Waals surface area contributed by atoms with Crippen molar-refractivity contribution < 1.29 is 14.7 Å². The van der Waals surface area contributed by atoms with Crippen molar-refractivity contribution in [3.8, 4) is 0 Å². The SMILES string of the molecule is O=C(O)c1cccc(N2CCC(C(=O)Nc3nncs3)CC2)n1. The van der Waals surface area contributed by atoms with Gasteiger partial charge < -0.3 is 15.3 Å². The highest BCUT2D eigenvalue weighted by Crippen LogP contribution is 2.23. The third kappa shape index (κ3) is 3.62. The first kappa shape index (κ1) is 15.3. The average molecular weight is 333 g/mol. The topological polar surface area (TPSA) is 108 Å². The van der Waals surface area contributed by atoms with E-state index in [0.717, 1.165) is 0 Å². The number of hydrogen-bond acceptors (Lipinski definition) is 7. The molecule has 1 amide bonds. The molecule has 1 aliphatic rings. The molecule has 0 aliphatic carbocycles. The summed E-state index contributed by atoms with van der Waals surface area (Å²) in [6.07, 6.45) is 1.37. The van der Waals surface area contributed by atoms with E-state index >= 15 is 0 Å². The van der Waals surface area contributed by atoms with Crippen LogP contribution in [0.2, 0.25) is 0 Å². The maximum Gasteiger partial charge on any atom is 0.354 e. The molecule has 0 bridgehead atoms. The second-order valence-corrected chi connectivity index (χ2v) is 6.01. The van der Waals surface area contributed by atoms with Crippen LogP contribution in [0.5, 0.6) is 0 Å². The minimum atomic E-state index is -1.04. The molecule has 1 aliphatic heterocycles. The Morgan fingerprint density at radius 1 is 1.30 bits per heavy atom. The number of aromatic carboxylic acids is 1. The number of aromatic nitrogens is 3. The van der Waals surface area contributed by atoms with E-state index in [2.05, 4.69) is 20.5 Å². The molecule has 0 unspecified atom stereocenters. The summed E-state index contributed by atoms with van der Waals surface area (Å²) in [5.74, 6) is -0.544. The molecule has 0 atom stereocenters. The number of pyridine rings is 1.